The first-order valence-corrected chi connectivity index (χ1v) is 14.0. The molecule has 0 bridgehead atoms. The highest BCUT2D eigenvalue weighted by Gasteiger charge is 2.23. The molecule has 0 aromatic heterocycles. The van der Waals surface area contributed by atoms with Crippen molar-refractivity contribution in [2.45, 2.75) is 64.5 Å². The number of hydrogen-bond acceptors (Lipinski definition) is 10. The van der Waals surface area contributed by atoms with Gasteiger partial charge in [0.15, 0.2) is 0 Å². The lowest BCUT2D eigenvalue weighted by Crippen LogP contribution is -2.44. The number of carbonyl (C=O) groups is 6. The SMILES string of the molecule is CCC(=O)NS(=O)(=O)CCCC(=O)NCCOCCOCC(=O)N[C@@H](CCC(=O)NC(CC)C(=O)O)C(=O)O. The van der Waals surface area contributed by atoms with Gasteiger partial charge in [-0.15, -0.1) is 0 Å². The van der Waals surface area contributed by atoms with Gasteiger partial charge in [0.25, 0.3) is 0 Å². The van der Waals surface area contributed by atoms with E-state index in [0.717, 1.165) is 0 Å². The van der Waals surface area contributed by atoms with Crippen LogP contribution in [0.2, 0.25) is 0 Å². The fraction of sp³-hybridized carbons (Fsp3) is 0.727. The highest BCUT2D eigenvalue weighted by atomic mass is 32.2. The Morgan fingerprint density at radius 3 is 1.97 bits per heavy atom. The molecule has 39 heavy (non-hydrogen) atoms. The summed E-state index contributed by atoms with van der Waals surface area (Å²) in [6, 6.07) is -2.45. The average molecular weight is 583 g/mol. The molecular weight excluding hydrogens is 544 g/mol. The summed E-state index contributed by atoms with van der Waals surface area (Å²) in [6.45, 7) is 2.97. The molecule has 0 spiro atoms. The third-order valence-electron chi connectivity index (χ3n) is 4.92. The zero-order valence-corrected chi connectivity index (χ0v) is 22.8. The second-order valence-corrected chi connectivity index (χ2v) is 10.0. The van der Waals surface area contributed by atoms with E-state index >= 15 is 0 Å². The van der Waals surface area contributed by atoms with E-state index in [1.54, 1.807) is 6.92 Å². The van der Waals surface area contributed by atoms with Gasteiger partial charge in [0, 0.05) is 25.8 Å². The largest absolute Gasteiger partial charge is 0.480 e. The number of carboxylic acid groups (broad SMARTS) is 2. The van der Waals surface area contributed by atoms with E-state index in [1.807, 2.05) is 4.72 Å². The van der Waals surface area contributed by atoms with Gasteiger partial charge in [-0.3, -0.25) is 23.9 Å². The molecule has 0 rings (SSSR count). The molecule has 0 saturated carbocycles. The van der Waals surface area contributed by atoms with Gasteiger partial charge in [-0.25, -0.2) is 18.0 Å². The number of carbonyl (C=O) groups excluding carboxylic acids is 4. The van der Waals surface area contributed by atoms with Crippen LogP contribution in [0.15, 0.2) is 0 Å². The molecule has 0 aliphatic heterocycles. The van der Waals surface area contributed by atoms with E-state index in [-0.39, 0.29) is 76.6 Å². The van der Waals surface area contributed by atoms with Crippen molar-refractivity contribution < 1.29 is 56.9 Å². The van der Waals surface area contributed by atoms with Crippen molar-refractivity contribution in [3.63, 3.8) is 0 Å². The quantitative estimate of drug-likeness (QED) is 0.0767. The van der Waals surface area contributed by atoms with Crippen molar-refractivity contribution in [3.05, 3.63) is 0 Å². The molecule has 16 nitrogen and oxygen atoms in total. The predicted molar refractivity (Wildman–Crippen MR) is 135 cm³/mol. The van der Waals surface area contributed by atoms with Crippen LogP contribution in [-0.2, 0) is 48.3 Å². The van der Waals surface area contributed by atoms with Crippen LogP contribution in [0.4, 0.5) is 0 Å². The van der Waals surface area contributed by atoms with Gasteiger partial charge in [0.1, 0.15) is 18.7 Å². The van der Waals surface area contributed by atoms with E-state index in [0.29, 0.717) is 0 Å². The highest BCUT2D eigenvalue weighted by Crippen LogP contribution is 2.01. The number of aliphatic carboxylic acids is 2. The second kappa shape index (κ2) is 19.7. The normalized spacial score (nSPS) is 12.6. The third-order valence-corrected chi connectivity index (χ3v) is 6.28. The molecule has 0 aromatic carbocycles. The molecular formula is C22H38N4O12S. The minimum atomic E-state index is -3.77. The van der Waals surface area contributed by atoms with Gasteiger partial charge >= 0.3 is 11.9 Å². The van der Waals surface area contributed by atoms with Crippen LogP contribution >= 0.6 is 0 Å². The number of hydrogen-bond donors (Lipinski definition) is 6. The summed E-state index contributed by atoms with van der Waals surface area (Å²) in [5.74, 6) is -5.32. The second-order valence-electron chi connectivity index (χ2n) is 8.18. The lowest BCUT2D eigenvalue weighted by atomic mass is 10.1. The minimum Gasteiger partial charge on any atom is -0.480 e. The Morgan fingerprint density at radius 2 is 1.38 bits per heavy atom. The standard InChI is InChI=1S/C22H38N4O12S/c1-3-15(21(31)32)24-19(29)8-7-16(22(33)34)25-20(30)14-38-12-11-37-10-9-23-18(28)6-5-13-39(35,36)26-17(27)4-2/h15-16H,3-14H2,1-2H3,(H,23,28)(H,24,29)(H,25,30)(H,26,27)(H,31,32)(H,33,34)/t15?,16-/m0/s1. The van der Waals surface area contributed by atoms with Crippen molar-refractivity contribution in [1.29, 1.82) is 0 Å². The highest BCUT2D eigenvalue weighted by molar-refractivity contribution is 7.90. The smallest absolute Gasteiger partial charge is 0.326 e. The predicted octanol–water partition coefficient (Wildman–Crippen LogP) is -1.90. The summed E-state index contributed by atoms with van der Waals surface area (Å²) in [6.07, 6.45) is -0.376. The number of sulfonamides is 1. The van der Waals surface area contributed by atoms with Gasteiger partial charge in [-0.1, -0.05) is 13.8 Å². The van der Waals surface area contributed by atoms with Crippen molar-refractivity contribution in [1.82, 2.24) is 20.7 Å². The summed E-state index contributed by atoms with van der Waals surface area (Å²) < 4.78 is 35.5. The number of ether oxygens (including phenoxy) is 2. The molecule has 1 unspecified atom stereocenters. The third kappa shape index (κ3) is 18.6. The van der Waals surface area contributed by atoms with Crippen molar-refractivity contribution in [2.24, 2.45) is 0 Å². The molecule has 4 amide bonds. The van der Waals surface area contributed by atoms with Crippen LogP contribution in [0.25, 0.3) is 0 Å². The van der Waals surface area contributed by atoms with Gasteiger partial charge in [-0.2, -0.15) is 0 Å². The van der Waals surface area contributed by atoms with Crippen LogP contribution in [0.5, 0.6) is 0 Å². The zero-order chi connectivity index (χ0) is 29.8. The van der Waals surface area contributed by atoms with Crippen molar-refractivity contribution in [2.75, 3.05) is 38.7 Å². The first kappa shape index (κ1) is 35.7. The Kier molecular flexibility index (Phi) is 18.0. The van der Waals surface area contributed by atoms with E-state index in [4.69, 9.17) is 14.6 Å². The van der Waals surface area contributed by atoms with Crippen molar-refractivity contribution in [3.8, 4) is 0 Å². The molecule has 0 fully saturated rings. The van der Waals surface area contributed by atoms with Gasteiger partial charge in [-0.05, 0) is 19.3 Å². The summed E-state index contributed by atoms with van der Waals surface area (Å²) in [7, 11) is -3.77. The fourth-order valence-corrected chi connectivity index (χ4v) is 3.95. The van der Waals surface area contributed by atoms with Gasteiger partial charge in [0.2, 0.25) is 33.7 Å². The minimum absolute atomic E-state index is 0.00353. The molecule has 2 atom stereocenters. The van der Waals surface area contributed by atoms with Gasteiger partial charge < -0.3 is 35.6 Å². The molecule has 0 aromatic rings. The lowest BCUT2D eigenvalue weighted by Gasteiger charge is -2.16. The van der Waals surface area contributed by atoms with Crippen LogP contribution < -0.4 is 20.7 Å². The maximum Gasteiger partial charge on any atom is 0.326 e. The van der Waals surface area contributed by atoms with E-state index in [2.05, 4.69) is 16.0 Å². The first-order valence-electron chi connectivity index (χ1n) is 12.3. The van der Waals surface area contributed by atoms with Crippen LogP contribution in [0.1, 0.15) is 52.4 Å². The summed E-state index contributed by atoms with van der Waals surface area (Å²) in [5.41, 5.74) is 0. The summed E-state index contributed by atoms with van der Waals surface area (Å²) >= 11 is 0. The average Bonchev–Trinajstić information content (AvgIpc) is 2.85. The molecule has 6 N–H and O–H groups in total. The Morgan fingerprint density at radius 1 is 0.769 bits per heavy atom. The van der Waals surface area contributed by atoms with E-state index in [9.17, 15) is 42.3 Å². The maximum absolute atomic E-state index is 11.9. The lowest BCUT2D eigenvalue weighted by molar-refractivity contribution is -0.144. The van der Waals surface area contributed by atoms with Gasteiger partial charge in [0.05, 0.1) is 25.6 Å². The number of amides is 4. The maximum atomic E-state index is 11.9. The summed E-state index contributed by atoms with van der Waals surface area (Å²) in [5, 5.41) is 25.2. The zero-order valence-electron chi connectivity index (χ0n) is 22.0. The van der Waals surface area contributed by atoms with Crippen LogP contribution in [0.3, 0.4) is 0 Å². The number of nitrogens with one attached hydrogen (secondary N) is 4. The molecule has 0 aliphatic rings. The topological polar surface area (TPSA) is 244 Å². The molecule has 0 aliphatic carbocycles. The number of rotatable bonds is 22. The monoisotopic (exact) mass is 582 g/mol. The summed E-state index contributed by atoms with van der Waals surface area (Å²) in [4.78, 5) is 68.9. The molecule has 0 saturated heterocycles. The van der Waals surface area contributed by atoms with Crippen molar-refractivity contribution >= 4 is 45.6 Å². The Bertz CT molecular complexity index is 941. The van der Waals surface area contributed by atoms with Crippen LogP contribution in [-0.4, -0.2) is 105 Å². The Hall–Kier alpha value is -3.31. The molecule has 17 heteroatoms. The number of carboxylic acids is 2. The Balaban J connectivity index is 4.00. The first-order chi connectivity index (χ1) is 18.3. The molecule has 0 radical (unpaired) electrons. The van der Waals surface area contributed by atoms with E-state index < -0.39 is 58.4 Å². The molecule has 0 heterocycles. The van der Waals surface area contributed by atoms with E-state index in [1.165, 1.54) is 6.92 Å². The fourth-order valence-electron chi connectivity index (χ4n) is 2.83. The van der Waals surface area contributed by atoms with Crippen LogP contribution in [0, 0.1) is 0 Å². The molecule has 224 valence electrons. The Labute approximate surface area is 226 Å².